The number of benzene rings is 1. The van der Waals surface area contributed by atoms with Gasteiger partial charge in [-0.15, -0.1) is 0 Å². The van der Waals surface area contributed by atoms with Gasteiger partial charge in [0.1, 0.15) is 5.75 Å². The smallest absolute Gasteiger partial charge is 0.515 e. The van der Waals surface area contributed by atoms with Crippen LogP contribution in [0.25, 0.3) is 0 Å². The fraction of sp³-hybridized carbons (Fsp3) is 0.250. The molecule has 0 aliphatic carbocycles. The van der Waals surface area contributed by atoms with Gasteiger partial charge in [0.15, 0.2) is 9.84 Å². The highest BCUT2D eigenvalue weighted by Gasteiger charge is 2.24. The maximum Gasteiger partial charge on any atom is 0.515 e. The van der Waals surface area contributed by atoms with E-state index in [0.29, 0.717) is 0 Å². The molecule has 90 valence electrons. The van der Waals surface area contributed by atoms with E-state index in [9.17, 15) is 21.4 Å². The summed E-state index contributed by atoms with van der Waals surface area (Å²) in [5, 5.41) is 0. The molecule has 1 aromatic carbocycles. The van der Waals surface area contributed by atoms with Crippen molar-refractivity contribution in [2.45, 2.75) is 4.90 Å². The van der Waals surface area contributed by atoms with E-state index in [-0.39, 0.29) is 10.6 Å². The Morgan fingerprint density at radius 2 is 1.69 bits per heavy atom. The van der Waals surface area contributed by atoms with Crippen LogP contribution in [-0.4, -0.2) is 28.2 Å². The van der Waals surface area contributed by atoms with E-state index in [1.165, 1.54) is 24.3 Å². The second-order valence-corrected chi connectivity index (χ2v) is 5.28. The van der Waals surface area contributed by atoms with Crippen molar-refractivity contribution in [2.24, 2.45) is 0 Å². The van der Waals surface area contributed by atoms with Crippen LogP contribution in [0.3, 0.4) is 0 Å². The number of hydrogen-bond donors (Lipinski definition) is 0. The maximum atomic E-state index is 11.9. The number of ether oxygens (including phenoxy) is 1. The molecule has 0 heterocycles. The molecule has 3 nitrogen and oxygen atoms in total. The van der Waals surface area contributed by atoms with E-state index < -0.39 is 23.3 Å². The predicted octanol–water partition coefficient (Wildman–Crippen LogP) is 1.86. The lowest BCUT2D eigenvalue weighted by molar-refractivity contribution is 0.313. The van der Waals surface area contributed by atoms with Crippen molar-refractivity contribution >= 4 is 16.8 Å². The molecule has 8 heteroatoms. The summed E-state index contributed by atoms with van der Waals surface area (Å²) in [6.45, 7) is -6.34. The molecule has 0 atom stereocenters. The van der Waals surface area contributed by atoms with Crippen LogP contribution in [0.15, 0.2) is 29.2 Å². The largest absolute Gasteiger partial charge is 0.522 e. The molecule has 0 saturated carbocycles. The monoisotopic (exact) mass is 253 g/mol. The van der Waals surface area contributed by atoms with Gasteiger partial charge in [0, 0.05) is 6.26 Å². The molecule has 16 heavy (non-hydrogen) atoms. The predicted molar refractivity (Wildman–Crippen MR) is 54.1 cm³/mol. The topological polar surface area (TPSA) is 43.4 Å². The van der Waals surface area contributed by atoms with Crippen molar-refractivity contribution in [1.82, 2.24) is 0 Å². The molecule has 0 radical (unpaired) electrons. The lowest BCUT2D eigenvalue weighted by atomic mass is 9.95. The highest BCUT2D eigenvalue weighted by molar-refractivity contribution is 7.90. The first kappa shape index (κ1) is 12.9. The van der Waals surface area contributed by atoms with E-state index >= 15 is 0 Å². The zero-order chi connectivity index (χ0) is 12.4. The molecule has 1 aromatic rings. The lowest BCUT2D eigenvalue weighted by Gasteiger charge is -2.15. The summed E-state index contributed by atoms with van der Waals surface area (Å²) in [7, 11) is -3.34. The van der Waals surface area contributed by atoms with Gasteiger partial charge in [0.25, 0.3) is 0 Å². The number of sulfone groups is 1. The van der Waals surface area contributed by atoms with Gasteiger partial charge in [-0.3, -0.25) is 0 Å². The second kappa shape index (κ2) is 4.36. The van der Waals surface area contributed by atoms with Crippen LogP contribution in [0.4, 0.5) is 12.9 Å². The van der Waals surface area contributed by atoms with Gasteiger partial charge < -0.3 is 17.7 Å². The van der Waals surface area contributed by atoms with Crippen LogP contribution < -0.4 is 4.74 Å². The Bertz CT molecular complexity index is 452. The Morgan fingerprint density at radius 3 is 2.06 bits per heavy atom. The molecule has 0 aliphatic rings. The summed E-state index contributed by atoms with van der Waals surface area (Å²) in [4.78, 5) is 0.0392. The Hall–Kier alpha value is -1.18. The van der Waals surface area contributed by atoms with E-state index in [0.717, 1.165) is 6.26 Å². The Balaban J connectivity index is 2.73. The fourth-order valence-electron chi connectivity index (χ4n) is 0.974. The van der Waals surface area contributed by atoms with Crippen LogP contribution in [0.1, 0.15) is 0 Å². The Morgan fingerprint density at radius 1 is 1.19 bits per heavy atom. The van der Waals surface area contributed by atoms with Crippen molar-refractivity contribution in [3.8, 4) is 5.75 Å². The molecule has 0 spiro atoms. The third-order valence-electron chi connectivity index (χ3n) is 1.69. The first-order valence-corrected chi connectivity index (χ1v) is 6.21. The summed E-state index contributed by atoms with van der Waals surface area (Å²) in [5.74, 6) is -0.00778. The summed E-state index contributed by atoms with van der Waals surface area (Å²) in [6.07, 6.45) is 1.02. The summed E-state index contributed by atoms with van der Waals surface area (Å²) >= 11 is 0. The summed E-state index contributed by atoms with van der Waals surface area (Å²) in [6, 6.07) is 4.79. The molecule has 1 rings (SSSR count). The molecular formula is C8H9BF3O3S-. The average Bonchev–Trinajstić information content (AvgIpc) is 2.13. The van der Waals surface area contributed by atoms with E-state index in [1.54, 1.807) is 0 Å². The highest BCUT2D eigenvalue weighted by atomic mass is 32.2. The maximum absolute atomic E-state index is 11.9. The summed E-state index contributed by atoms with van der Waals surface area (Å²) in [5.41, 5.74) is 0. The third kappa shape index (κ3) is 4.14. The van der Waals surface area contributed by atoms with Crippen molar-refractivity contribution in [3.63, 3.8) is 0 Å². The normalized spacial score (nSPS) is 12.5. The van der Waals surface area contributed by atoms with E-state index in [2.05, 4.69) is 4.74 Å². The van der Waals surface area contributed by atoms with Gasteiger partial charge >= 0.3 is 6.98 Å². The molecule has 0 bridgehead atoms. The third-order valence-corrected chi connectivity index (χ3v) is 2.82. The first-order chi connectivity index (χ1) is 7.18. The number of hydrogen-bond acceptors (Lipinski definition) is 3. The van der Waals surface area contributed by atoms with E-state index in [1.807, 2.05) is 0 Å². The molecule has 0 unspecified atom stereocenters. The van der Waals surface area contributed by atoms with Gasteiger partial charge in [-0.2, -0.15) is 0 Å². The lowest BCUT2D eigenvalue weighted by Crippen LogP contribution is -2.26. The van der Waals surface area contributed by atoms with Gasteiger partial charge in [-0.05, 0) is 24.3 Å². The zero-order valence-electron chi connectivity index (χ0n) is 8.36. The SMILES string of the molecule is CS(=O)(=O)c1ccc(OC[B-](F)(F)F)cc1. The van der Waals surface area contributed by atoms with Crippen LogP contribution in [0, 0.1) is 0 Å². The standard InChI is InChI=1S/C8H9BF3O3S/c1-16(13,14)8-4-2-7(3-5-8)15-6-9(10,11)12/h2-5H,6H2,1H3/q-1. The number of halogens is 3. The van der Waals surface area contributed by atoms with Crippen LogP contribution in [0.5, 0.6) is 5.75 Å². The average molecular weight is 253 g/mol. The van der Waals surface area contributed by atoms with Crippen LogP contribution in [0.2, 0.25) is 0 Å². The van der Waals surface area contributed by atoms with Gasteiger partial charge in [-0.25, -0.2) is 8.42 Å². The van der Waals surface area contributed by atoms with Crippen molar-refractivity contribution in [2.75, 3.05) is 12.8 Å². The summed E-state index contributed by atoms with van der Waals surface area (Å²) < 4.78 is 62.1. The zero-order valence-corrected chi connectivity index (χ0v) is 9.18. The van der Waals surface area contributed by atoms with Crippen molar-refractivity contribution in [3.05, 3.63) is 24.3 Å². The first-order valence-electron chi connectivity index (χ1n) is 4.32. The molecular weight excluding hydrogens is 244 g/mol. The minimum absolute atomic E-state index is 0.00778. The van der Waals surface area contributed by atoms with E-state index in [4.69, 9.17) is 0 Å². The van der Waals surface area contributed by atoms with Crippen molar-refractivity contribution in [1.29, 1.82) is 0 Å². The van der Waals surface area contributed by atoms with Gasteiger partial charge in [0.2, 0.25) is 0 Å². The molecule has 0 fully saturated rings. The molecule has 0 amide bonds. The highest BCUT2D eigenvalue weighted by Crippen LogP contribution is 2.17. The molecule has 0 N–H and O–H groups in total. The van der Waals surface area contributed by atoms with Gasteiger partial charge in [0.05, 0.1) is 11.4 Å². The molecule has 0 saturated heterocycles. The quantitative estimate of drug-likeness (QED) is 0.769. The molecule has 0 aromatic heterocycles. The van der Waals surface area contributed by atoms with Crippen LogP contribution in [-0.2, 0) is 9.84 Å². The molecule has 0 aliphatic heterocycles. The minimum atomic E-state index is -5.00. The van der Waals surface area contributed by atoms with Crippen molar-refractivity contribution < 1.29 is 26.1 Å². The Kier molecular flexibility index (Phi) is 3.52. The fourth-order valence-corrected chi connectivity index (χ4v) is 1.60. The number of rotatable bonds is 4. The Labute approximate surface area is 91.2 Å². The van der Waals surface area contributed by atoms with Crippen LogP contribution >= 0.6 is 0 Å². The minimum Gasteiger partial charge on any atom is -0.522 e. The second-order valence-electron chi connectivity index (χ2n) is 3.26. The van der Waals surface area contributed by atoms with Gasteiger partial charge in [-0.1, -0.05) is 0 Å².